The number of carboxylic acid groups (broad SMARTS) is 1. The number of carboxylic acids is 1. The van der Waals surface area contributed by atoms with Gasteiger partial charge in [-0.1, -0.05) is 29.2 Å². The minimum Gasteiger partial charge on any atom is -0.478 e. The van der Waals surface area contributed by atoms with Crippen molar-refractivity contribution >= 4 is 41.7 Å². The number of aromatic nitrogens is 2. The fourth-order valence-corrected chi connectivity index (χ4v) is 3.49. The van der Waals surface area contributed by atoms with Gasteiger partial charge in [0.15, 0.2) is 8.68 Å². The monoisotopic (exact) mass is 284 g/mol. The molecule has 0 spiro atoms. The van der Waals surface area contributed by atoms with Gasteiger partial charge in [0, 0.05) is 4.90 Å². The summed E-state index contributed by atoms with van der Waals surface area (Å²) in [4.78, 5) is 11.7. The van der Waals surface area contributed by atoms with Crippen LogP contribution in [0.1, 0.15) is 15.9 Å². The Bertz CT molecular complexity index is 568. The summed E-state index contributed by atoms with van der Waals surface area (Å²) in [6.07, 6.45) is 0. The van der Waals surface area contributed by atoms with Crippen LogP contribution in [-0.2, 0) is 0 Å². The van der Waals surface area contributed by atoms with Gasteiger partial charge in [-0.15, -0.1) is 22.8 Å². The molecule has 0 fully saturated rings. The molecular formula is C10H8N2O2S3. The summed E-state index contributed by atoms with van der Waals surface area (Å²) in [6, 6.07) is 5.20. The molecule has 0 bridgehead atoms. The van der Waals surface area contributed by atoms with Crippen LogP contribution in [0.25, 0.3) is 0 Å². The molecule has 4 nitrogen and oxygen atoms in total. The number of nitrogens with zero attached hydrogens (tertiary/aromatic N) is 2. The molecule has 2 aromatic rings. The lowest BCUT2D eigenvalue weighted by atomic mass is 10.1. The van der Waals surface area contributed by atoms with Crippen molar-refractivity contribution < 1.29 is 9.90 Å². The second-order valence-electron chi connectivity index (χ2n) is 3.26. The molecule has 1 aromatic carbocycles. The second-order valence-corrected chi connectivity index (χ2v) is 6.25. The summed E-state index contributed by atoms with van der Waals surface area (Å²) >= 11 is 6.69. The van der Waals surface area contributed by atoms with Gasteiger partial charge in [0.2, 0.25) is 0 Å². The van der Waals surface area contributed by atoms with Gasteiger partial charge in [-0.05, 0) is 24.6 Å². The predicted molar refractivity (Wildman–Crippen MR) is 69.4 cm³/mol. The fraction of sp³-hybridized carbons (Fsp3) is 0.100. The van der Waals surface area contributed by atoms with Gasteiger partial charge in [-0.2, -0.15) is 0 Å². The van der Waals surface area contributed by atoms with Gasteiger partial charge in [0.05, 0.1) is 5.56 Å². The maximum atomic E-state index is 11.1. The van der Waals surface area contributed by atoms with Crippen LogP contribution in [0.15, 0.2) is 31.8 Å². The molecule has 0 amide bonds. The minimum absolute atomic E-state index is 0.275. The van der Waals surface area contributed by atoms with Gasteiger partial charge in [0.1, 0.15) is 0 Å². The third-order valence-electron chi connectivity index (χ3n) is 1.96. The van der Waals surface area contributed by atoms with Gasteiger partial charge in [0.25, 0.3) is 0 Å². The molecule has 7 heteroatoms. The molecule has 0 aliphatic heterocycles. The zero-order chi connectivity index (χ0) is 12.4. The highest BCUT2D eigenvalue weighted by Crippen LogP contribution is 2.33. The van der Waals surface area contributed by atoms with E-state index in [0.29, 0.717) is 13.6 Å². The molecular weight excluding hydrogens is 276 g/mol. The van der Waals surface area contributed by atoms with Crippen LogP contribution >= 0.6 is 35.7 Å². The summed E-state index contributed by atoms with van der Waals surface area (Å²) in [5.74, 6) is -0.942. The minimum atomic E-state index is -0.942. The Morgan fingerprint density at radius 1 is 1.47 bits per heavy atom. The molecule has 1 N–H and O–H groups in total. The lowest BCUT2D eigenvalue weighted by Crippen LogP contribution is -1.98. The van der Waals surface area contributed by atoms with E-state index in [2.05, 4.69) is 22.8 Å². The molecule has 17 heavy (non-hydrogen) atoms. The molecule has 1 aromatic heterocycles. The first-order valence-corrected chi connectivity index (χ1v) is 6.68. The van der Waals surface area contributed by atoms with Crippen LogP contribution in [0.5, 0.6) is 0 Å². The van der Waals surface area contributed by atoms with Crippen LogP contribution in [-0.4, -0.2) is 21.3 Å². The summed E-state index contributed by atoms with van der Waals surface area (Å²) in [7, 11) is 0. The number of rotatable bonds is 3. The largest absolute Gasteiger partial charge is 0.478 e. The zero-order valence-electron chi connectivity index (χ0n) is 8.75. The maximum absolute atomic E-state index is 11.1. The van der Waals surface area contributed by atoms with Crippen LogP contribution in [0, 0.1) is 6.92 Å². The van der Waals surface area contributed by atoms with Crippen LogP contribution in [0.3, 0.4) is 0 Å². The first kappa shape index (κ1) is 12.4. The van der Waals surface area contributed by atoms with E-state index in [-0.39, 0.29) is 5.56 Å². The number of carbonyl (C=O) groups is 1. The van der Waals surface area contributed by atoms with Crippen molar-refractivity contribution in [3.05, 3.63) is 29.3 Å². The first-order chi connectivity index (χ1) is 8.06. The number of benzene rings is 1. The van der Waals surface area contributed by atoms with Crippen molar-refractivity contribution in [2.75, 3.05) is 0 Å². The maximum Gasteiger partial charge on any atom is 0.336 e. The topological polar surface area (TPSA) is 63.1 Å². The quantitative estimate of drug-likeness (QED) is 0.848. The Morgan fingerprint density at radius 2 is 2.24 bits per heavy atom. The highest BCUT2D eigenvalue weighted by molar-refractivity contribution is 8.01. The Hall–Kier alpha value is -1.05. The lowest BCUT2D eigenvalue weighted by Gasteiger charge is -2.04. The van der Waals surface area contributed by atoms with Gasteiger partial charge >= 0.3 is 5.97 Å². The molecule has 0 aliphatic carbocycles. The normalized spacial score (nSPS) is 10.5. The molecule has 0 aliphatic rings. The summed E-state index contributed by atoms with van der Waals surface area (Å²) in [5.41, 5.74) is 1.28. The number of hydrogen-bond acceptors (Lipinski definition) is 6. The smallest absolute Gasteiger partial charge is 0.336 e. The predicted octanol–water partition coefficient (Wildman–Crippen LogP) is 2.98. The summed E-state index contributed by atoms with van der Waals surface area (Å²) < 4.78 is 1.25. The molecule has 2 rings (SSSR count). The Labute approximate surface area is 112 Å². The number of aryl methyl sites for hydroxylation is 1. The van der Waals surface area contributed by atoms with Crippen molar-refractivity contribution in [2.24, 2.45) is 0 Å². The third kappa shape index (κ3) is 2.99. The Kier molecular flexibility index (Phi) is 3.70. The molecule has 0 saturated heterocycles. The summed E-state index contributed by atoms with van der Waals surface area (Å²) in [5, 5.41) is 16.8. The van der Waals surface area contributed by atoms with Crippen LogP contribution < -0.4 is 0 Å². The van der Waals surface area contributed by atoms with E-state index in [1.807, 2.05) is 13.0 Å². The van der Waals surface area contributed by atoms with Crippen molar-refractivity contribution in [3.8, 4) is 0 Å². The third-order valence-corrected chi connectivity index (χ3v) is 4.16. The number of thiol groups is 1. The van der Waals surface area contributed by atoms with E-state index in [9.17, 15) is 4.79 Å². The molecule has 0 unspecified atom stereocenters. The SMILES string of the molecule is Cc1ccc(C(=O)O)c(Sc2nnc(S)s2)c1. The highest BCUT2D eigenvalue weighted by Gasteiger charge is 2.13. The fourth-order valence-electron chi connectivity index (χ4n) is 1.23. The van der Waals surface area contributed by atoms with E-state index in [1.165, 1.54) is 23.1 Å². The standard InChI is InChI=1S/C10H8N2O2S3/c1-5-2-3-6(8(13)14)7(4-5)16-10-12-11-9(15)17-10/h2-4H,1H3,(H,11,15)(H,13,14). The first-order valence-electron chi connectivity index (χ1n) is 4.60. The van der Waals surface area contributed by atoms with Gasteiger partial charge < -0.3 is 5.11 Å². The van der Waals surface area contributed by atoms with E-state index in [4.69, 9.17) is 5.11 Å². The number of hydrogen-bond donors (Lipinski definition) is 2. The van der Waals surface area contributed by atoms with Gasteiger partial charge in [-0.3, -0.25) is 0 Å². The zero-order valence-corrected chi connectivity index (χ0v) is 11.3. The van der Waals surface area contributed by atoms with E-state index < -0.39 is 5.97 Å². The molecule has 88 valence electrons. The van der Waals surface area contributed by atoms with Crippen LogP contribution in [0.4, 0.5) is 0 Å². The summed E-state index contributed by atoms with van der Waals surface area (Å²) in [6.45, 7) is 1.92. The average Bonchev–Trinajstić information content (AvgIpc) is 2.63. The van der Waals surface area contributed by atoms with Crippen LogP contribution in [0.2, 0.25) is 0 Å². The van der Waals surface area contributed by atoms with Gasteiger partial charge in [-0.25, -0.2) is 4.79 Å². The second kappa shape index (κ2) is 5.07. The Morgan fingerprint density at radius 3 is 2.82 bits per heavy atom. The highest BCUT2D eigenvalue weighted by atomic mass is 32.2. The van der Waals surface area contributed by atoms with E-state index in [0.717, 1.165) is 5.56 Å². The van der Waals surface area contributed by atoms with Crippen molar-refractivity contribution in [1.29, 1.82) is 0 Å². The van der Waals surface area contributed by atoms with Crippen molar-refractivity contribution in [1.82, 2.24) is 10.2 Å². The Balaban J connectivity index is 2.37. The molecule has 0 saturated carbocycles. The average molecular weight is 284 g/mol. The van der Waals surface area contributed by atoms with E-state index >= 15 is 0 Å². The van der Waals surface area contributed by atoms with Crippen molar-refractivity contribution in [2.45, 2.75) is 20.5 Å². The van der Waals surface area contributed by atoms with Crippen molar-refractivity contribution in [3.63, 3.8) is 0 Å². The van der Waals surface area contributed by atoms with E-state index in [1.54, 1.807) is 12.1 Å². The molecule has 0 radical (unpaired) electrons. The molecule has 1 heterocycles. The molecule has 0 atom stereocenters. The number of aromatic carboxylic acids is 1. The lowest BCUT2D eigenvalue weighted by molar-refractivity contribution is 0.0693.